The van der Waals surface area contributed by atoms with Crippen molar-refractivity contribution in [3.05, 3.63) is 29.8 Å². The van der Waals surface area contributed by atoms with Crippen LogP contribution in [0.15, 0.2) is 24.3 Å². The average molecular weight is 618 g/mol. The Kier molecular flexibility index (Phi) is 7.24. The van der Waals surface area contributed by atoms with Gasteiger partial charge in [-0.2, -0.15) is 0 Å². The van der Waals surface area contributed by atoms with Crippen LogP contribution in [0.5, 0.6) is 5.75 Å². The first-order chi connectivity index (χ1) is 21.1. The Labute approximate surface area is 258 Å². The largest absolute Gasteiger partial charge is 0.497 e. The van der Waals surface area contributed by atoms with Crippen molar-refractivity contribution >= 4 is 5.97 Å². The van der Waals surface area contributed by atoms with Gasteiger partial charge in [-0.05, 0) is 43.1 Å². The fraction of sp³-hybridized carbons (Fsp3) is 0.788. The van der Waals surface area contributed by atoms with Crippen LogP contribution in [-0.4, -0.2) is 129 Å². The van der Waals surface area contributed by atoms with Crippen LogP contribution in [0.3, 0.4) is 0 Å². The second-order valence-corrected chi connectivity index (χ2v) is 14.2. The van der Waals surface area contributed by atoms with Gasteiger partial charge in [-0.15, -0.1) is 0 Å². The van der Waals surface area contributed by atoms with Gasteiger partial charge in [-0.1, -0.05) is 6.92 Å². The summed E-state index contributed by atoms with van der Waals surface area (Å²) in [7, 11) is 8.13. The molecule has 7 rings (SSSR count). The van der Waals surface area contributed by atoms with Gasteiger partial charge in [0.05, 0.1) is 49.3 Å². The molecule has 0 radical (unpaired) electrons. The van der Waals surface area contributed by atoms with Gasteiger partial charge in [0, 0.05) is 82.5 Å². The van der Waals surface area contributed by atoms with E-state index < -0.39 is 64.3 Å². The minimum Gasteiger partial charge on any atom is -0.497 e. The quantitative estimate of drug-likeness (QED) is 0.344. The van der Waals surface area contributed by atoms with E-state index >= 15 is 0 Å². The molecule has 5 saturated carbocycles. The maximum Gasteiger partial charge on any atom is 0.338 e. The van der Waals surface area contributed by atoms with Crippen LogP contribution in [0.2, 0.25) is 0 Å². The first-order valence-corrected chi connectivity index (χ1v) is 15.9. The number of rotatable bonds is 9. The standard InChI is InChI=1S/C33H47NO10/c1-7-34-15-30(16-39-2)20(35)12-21(41-4)33-19-13-31(37)22(42-5)14-32(38,24(27(33)34)25(43-6)26(30)33)23(19)28(31)44-29(36)17-8-10-18(40-3)11-9-17/h8-11,19-28,35,37-38H,7,12-16H2,1-6H3/t19?,20-,21?,22+,23?,24?,25?,26?,27?,28?,30+,31+,32-,33?/m1/s1. The summed E-state index contributed by atoms with van der Waals surface area (Å²) < 4.78 is 36.2. The van der Waals surface area contributed by atoms with Crippen molar-refractivity contribution in [2.75, 3.05) is 55.2 Å². The van der Waals surface area contributed by atoms with Crippen LogP contribution in [-0.2, 0) is 23.7 Å². The summed E-state index contributed by atoms with van der Waals surface area (Å²) in [6.07, 6.45) is -2.51. The smallest absolute Gasteiger partial charge is 0.338 e. The highest BCUT2D eigenvalue weighted by molar-refractivity contribution is 5.89. The zero-order chi connectivity index (χ0) is 31.4. The van der Waals surface area contributed by atoms with Crippen LogP contribution < -0.4 is 4.74 Å². The molecule has 6 aliphatic rings. The fourth-order valence-corrected chi connectivity index (χ4v) is 12.0. The maximum atomic E-state index is 13.7. The lowest BCUT2D eigenvalue weighted by Crippen LogP contribution is -2.79. The maximum absolute atomic E-state index is 13.7. The lowest BCUT2D eigenvalue weighted by Gasteiger charge is -2.70. The molecule has 0 aromatic heterocycles. The van der Waals surface area contributed by atoms with E-state index in [-0.39, 0.29) is 36.8 Å². The summed E-state index contributed by atoms with van der Waals surface area (Å²) in [6.45, 7) is 3.73. The topological polar surface area (TPSA) is 136 Å². The number of likely N-dealkylation sites (tertiary alicyclic amines) is 1. The summed E-state index contributed by atoms with van der Waals surface area (Å²) in [5.41, 5.74) is -3.92. The molecular formula is C33H47NO10. The molecule has 1 heterocycles. The zero-order valence-corrected chi connectivity index (χ0v) is 26.5. The monoisotopic (exact) mass is 617 g/mol. The molecule has 9 unspecified atom stereocenters. The van der Waals surface area contributed by atoms with Crippen molar-refractivity contribution in [2.24, 2.45) is 34.5 Å². The fourth-order valence-electron chi connectivity index (χ4n) is 12.0. The van der Waals surface area contributed by atoms with E-state index in [0.29, 0.717) is 37.4 Å². The molecule has 1 saturated heterocycles. The van der Waals surface area contributed by atoms with E-state index in [9.17, 15) is 20.1 Å². The number of piperidine rings is 1. The van der Waals surface area contributed by atoms with Crippen molar-refractivity contribution in [3.63, 3.8) is 0 Å². The highest BCUT2D eigenvalue weighted by atomic mass is 16.6. The van der Waals surface area contributed by atoms with Gasteiger partial charge in [0.2, 0.25) is 0 Å². The summed E-state index contributed by atoms with van der Waals surface area (Å²) in [6, 6.07) is 6.50. The number of benzene rings is 1. The van der Waals surface area contributed by atoms with E-state index in [4.69, 9.17) is 28.4 Å². The Bertz CT molecular complexity index is 1280. The number of hydrogen-bond acceptors (Lipinski definition) is 11. The van der Waals surface area contributed by atoms with E-state index in [2.05, 4.69) is 11.8 Å². The molecule has 1 aromatic carbocycles. The molecule has 44 heavy (non-hydrogen) atoms. The third kappa shape index (κ3) is 3.48. The zero-order valence-electron chi connectivity index (χ0n) is 26.5. The second-order valence-electron chi connectivity index (χ2n) is 14.2. The number of esters is 1. The lowest BCUT2D eigenvalue weighted by molar-refractivity contribution is -0.298. The molecule has 11 nitrogen and oxygen atoms in total. The molecular weight excluding hydrogens is 570 g/mol. The number of aliphatic hydroxyl groups is 3. The van der Waals surface area contributed by atoms with Crippen LogP contribution >= 0.6 is 0 Å². The molecule has 11 heteroatoms. The Morgan fingerprint density at radius 1 is 0.955 bits per heavy atom. The minimum absolute atomic E-state index is 0.146. The molecule has 6 fully saturated rings. The molecule has 5 aliphatic carbocycles. The van der Waals surface area contributed by atoms with Crippen molar-refractivity contribution < 1.29 is 48.5 Å². The van der Waals surface area contributed by atoms with Crippen molar-refractivity contribution in [2.45, 2.75) is 73.9 Å². The van der Waals surface area contributed by atoms with Gasteiger partial charge in [0.15, 0.2) is 0 Å². The van der Waals surface area contributed by atoms with Crippen LogP contribution in [0.4, 0.5) is 0 Å². The van der Waals surface area contributed by atoms with E-state index in [1.165, 1.54) is 7.11 Å². The summed E-state index contributed by atoms with van der Waals surface area (Å²) >= 11 is 0. The molecule has 244 valence electrons. The van der Waals surface area contributed by atoms with Crippen LogP contribution in [0, 0.1) is 34.5 Å². The van der Waals surface area contributed by atoms with Crippen molar-refractivity contribution in [1.82, 2.24) is 4.90 Å². The van der Waals surface area contributed by atoms with Gasteiger partial charge in [0.25, 0.3) is 0 Å². The molecule has 0 amide bonds. The van der Waals surface area contributed by atoms with E-state index in [0.717, 1.165) is 0 Å². The number of methoxy groups -OCH3 is 5. The van der Waals surface area contributed by atoms with Crippen LogP contribution in [0.1, 0.15) is 36.5 Å². The third-order valence-corrected chi connectivity index (χ3v) is 13.1. The highest BCUT2D eigenvalue weighted by Crippen LogP contribution is 2.80. The second kappa shape index (κ2) is 10.3. The van der Waals surface area contributed by atoms with E-state index in [1.807, 2.05) is 0 Å². The molecule has 3 N–H and O–H groups in total. The number of nitrogens with zero attached hydrogens (tertiary/aromatic N) is 1. The molecule has 1 aromatic rings. The lowest BCUT2D eigenvalue weighted by atomic mass is 9.42. The summed E-state index contributed by atoms with van der Waals surface area (Å²) in [5, 5.41) is 37.7. The van der Waals surface area contributed by atoms with Gasteiger partial charge < -0.3 is 43.7 Å². The Morgan fingerprint density at radius 3 is 2.25 bits per heavy atom. The molecule has 1 spiro atoms. The Morgan fingerprint density at radius 2 is 1.66 bits per heavy atom. The van der Waals surface area contributed by atoms with Crippen molar-refractivity contribution in [1.29, 1.82) is 0 Å². The number of ether oxygens (including phenoxy) is 6. The van der Waals surface area contributed by atoms with E-state index in [1.54, 1.807) is 52.7 Å². The first-order valence-electron chi connectivity index (χ1n) is 15.9. The van der Waals surface area contributed by atoms with Gasteiger partial charge in [-0.3, -0.25) is 4.90 Å². The minimum atomic E-state index is -1.54. The average Bonchev–Trinajstić information content (AvgIpc) is 3.41. The molecule has 1 aliphatic heterocycles. The number of carbonyl (C=O) groups is 1. The molecule has 14 atom stereocenters. The summed E-state index contributed by atoms with van der Waals surface area (Å²) in [4.78, 5) is 16.1. The molecule has 7 bridgehead atoms. The Balaban J connectivity index is 1.42. The highest BCUT2D eigenvalue weighted by Gasteiger charge is 2.89. The van der Waals surface area contributed by atoms with Crippen LogP contribution in [0.25, 0.3) is 0 Å². The SMILES string of the molecule is CCN1C[C@@]2(COC)C3C(OC)C4C1C3(C(OC)C[C@H]2O)C1C[C@@]2(O)C(OC(=O)c3ccc(OC)cc3)C1[C@]4(O)C[C@@H]2OC. The number of aliphatic hydroxyl groups excluding tert-OH is 1. The Hall–Kier alpha value is -1.83. The first kappa shape index (κ1) is 30.8. The van der Waals surface area contributed by atoms with Gasteiger partial charge in [0.1, 0.15) is 17.5 Å². The predicted molar refractivity (Wildman–Crippen MR) is 156 cm³/mol. The van der Waals surface area contributed by atoms with Gasteiger partial charge in [-0.25, -0.2) is 4.79 Å². The van der Waals surface area contributed by atoms with Crippen molar-refractivity contribution in [3.8, 4) is 5.75 Å². The van der Waals surface area contributed by atoms with Gasteiger partial charge >= 0.3 is 5.97 Å². The number of carbonyl (C=O) groups excluding carboxylic acids is 1. The number of hydrogen-bond donors (Lipinski definition) is 3. The normalized spacial score (nSPS) is 50.0. The third-order valence-electron chi connectivity index (χ3n) is 13.1. The number of fused-ring (bicyclic) bond motifs is 2. The summed E-state index contributed by atoms with van der Waals surface area (Å²) in [5.74, 6) is -1.54. The predicted octanol–water partition coefficient (Wildman–Crippen LogP) is 1.12.